The van der Waals surface area contributed by atoms with E-state index in [1.165, 1.54) is 0 Å². The Morgan fingerprint density at radius 1 is 1.00 bits per heavy atom. The summed E-state index contributed by atoms with van der Waals surface area (Å²) in [6.45, 7) is 3.51. The van der Waals surface area contributed by atoms with Crippen molar-refractivity contribution in [2.45, 2.75) is 20.0 Å². The highest BCUT2D eigenvalue weighted by Crippen LogP contribution is 2.33. The van der Waals surface area contributed by atoms with Crippen LogP contribution in [0.15, 0.2) is 85.1 Å². The molecule has 162 valence electrons. The zero-order valence-electron chi connectivity index (χ0n) is 18.0. The van der Waals surface area contributed by atoms with Crippen molar-refractivity contribution in [3.05, 3.63) is 107 Å². The van der Waals surface area contributed by atoms with Gasteiger partial charge in [-0.15, -0.1) is 0 Å². The molecule has 6 heteroatoms. The number of ether oxygens (including phenoxy) is 1. The highest BCUT2D eigenvalue weighted by Gasteiger charge is 2.20. The molecule has 0 spiro atoms. The summed E-state index contributed by atoms with van der Waals surface area (Å²) < 4.78 is 7.56. The fraction of sp³-hybridized carbons (Fsp3) is 0.154. The number of anilines is 2. The highest BCUT2D eigenvalue weighted by atomic mass is 16.5. The number of hydrogen-bond donors (Lipinski definition) is 1. The van der Waals surface area contributed by atoms with Crippen molar-refractivity contribution in [2.75, 3.05) is 11.9 Å². The van der Waals surface area contributed by atoms with Crippen LogP contribution < -0.4 is 10.4 Å². The van der Waals surface area contributed by atoms with Gasteiger partial charge in [0.05, 0.1) is 18.3 Å². The Bertz CT molecular complexity index is 1180. The molecule has 0 saturated carbocycles. The van der Waals surface area contributed by atoms with Crippen LogP contribution in [-0.4, -0.2) is 22.4 Å². The molecule has 0 fully saturated rings. The number of carbonyl (C=O) groups is 1. The molecule has 0 aliphatic rings. The lowest BCUT2D eigenvalue weighted by atomic mass is 9.92. The van der Waals surface area contributed by atoms with Crippen LogP contribution >= 0.6 is 0 Å². The Morgan fingerprint density at radius 3 is 2.25 bits per heavy atom. The predicted molar refractivity (Wildman–Crippen MR) is 122 cm³/mol. The summed E-state index contributed by atoms with van der Waals surface area (Å²) in [5, 5.41) is 19.0. The number of para-hydroxylation sites is 1. The van der Waals surface area contributed by atoms with Gasteiger partial charge in [-0.25, -0.2) is 4.68 Å². The maximum atomic E-state index is 11.0. The van der Waals surface area contributed by atoms with Crippen molar-refractivity contribution < 1.29 is 14.6 Å². The Hall–Kier alpha value is -3.90. The van der Waals surface area contributed by atoms with E-state index < -0.39 is 18.7 Å². The quantitative estimate of drug-likeness (QED) is 0.459. The van der Waals surface area contributed by atoms with Crippen LogP contribution in [0.3, 0.4) is 0 Å². The number of hydrogen-bond acceptors (Lipinski definition) is 5. The fourth-order valence-corrected chi connectivity index (χ4v) is 3.85. The maximum Gasteiger partial charge on any atom is 0.152 e. The minimum atomic E-state index is -1.24. The molecule has 0 amide bonds. The van der Waals surface area contributed by atoms with Crippen LogP contribution in [0.1, 0.15) is 28.4 Å². The second kappa shape index (κ2) is 9.49. The third-order valence-corrected chi connectivity index (χ3v) is 5.21. The summed E-state index contributed by atoms with van der Waals surface area (Å²) in [5.41, 5.74) is 5.69. The van der Waals surface area contributed by atoms with Gasteiger partial charge < -0.3 is 20.0 Å². The molecule has 1 atom stereocenters. The van der Waals surface area contributed by atoms with Gasteiger partial charge in [-0.2, -0.15) is 5.10 Å². The lowest BCUT2D eigenvalue weighted by Crippen LogP contribution is -2.28. The molecule has 6 nitrogen and oxygen atoms in total. The topological polar surface area (TPSA) is 79.2 Å². The fourth-order valence-electron chi connectivity index (χ4n) is 3.85. The van der Waals surface area contributed by atoms with Gasteiger partial charge in [-0.3, -0.25) is 0 Å². The molecule has 1 heterocycles. The van der Waals surface area contributed by atoms with Gasteiger partial charge in [0, 0.05) is 18.0 Å². The Kier molecular flexibility index (Phi) is 6.33. The molecular formula is C26H24N3O3-. The Morgan fingerprint density at radius 2 is 1.62 bits per heavy atom. The van der Waals surface area contributed by atoms with E-state index in [2.05, 4.69) is 10.4 Å². The average Bonchev–Trinajstić information content (AvgIpc) is 3.25. The number of rotatable bonds is 8. The normalized spacial score (nSPS) is 11.8. The van der Waals surface area contributed by atoms with Crippen molar-refractivity contribution >= 4 is 17.5 Å². The zero-order valence-corrected chi connectivity index (χ0v) is 18.0. The monoisotopic (exact) mass is 426 g/mol. The number of benzene rings is 3. The lowest BCUT2D eigenvalue weighted by molar-refractivity contribution is -0.310. The molecule has 0 aliphatic carbocycles. The molecule has 0 saturated heterocycles. The Labute approximate surface area is 187 Å². The molecule has 1 N–H and O–H groups in total. The van der Waals surface area contributed by atoms with Crippen LogP contribution in [0, 0.1) is 13.8 Å². The van der Waals surface area contributed by atoms with Gasteiger partial charge in [-0.1, -0.05) is 48.5 Å². The van der Waals surface area contributed by atoms with Crippen LogP contribution in [0.25, 0.3) is 5.69 Å². The van der Waals surface area contributed by atoms with E-state index in [0.29, 0.717) is 0 Å². The molecule has 3 aromatic carbocycles. The number of aryl methyl sites for hydroxylation is 2. The van der Waals surface area contributed by atoms with Crippen molar-refractivity contribution in [2.24, 2.45) is 0 Å². The minimum Gasteiger partial charge on any atom is -0.548 e. The summed E-state index contributed by atoms with van der Waals surface area (Å²) in [6.07, 6.45) is 1.41. The van der Waals surface area contributed by atoms with Gasteiger partial charge in [0.15, 0.2) is 5.82 Å². The van der Waals surface area contributed by atoms with E-state index in [9.17, 15) is 9.90 Å². The van der Waals surface area contributed by atoms with E-state index in [0.717, 1.165) is 39.4 Å². The van der Waals surface area contributed by atoms with E-state index in [4.69, 9.17) is 4.74 Å². The number of aromatic nitrogens is 2. The summed E-state index contributed by atoms with van der Waals surface area (Å²) in [7, 11) is 0. The first-order valence-corrected chi connectivity index (χ1v) is 10.4. The van der Waals surface area contributed by atoms with E-state index in [-0.39, 0.29) is 0 Å². The molecule has 1 unspecified atom stereocenters. The number of aliphatic carboxylic acids is 1. The van der Waals surface area contributed by atoms with Crippen molar-refractivity contribution in [1.29, 1.82) is 0 Å². The lowest BCUT2D eigenvalue weighted by Gasteiger charge is -2.24. The second-order valence-corrected chi connectivity index (χ2v) is 7.60. The maximum absolute atomic E-state index is 11.0. The van der Waals surface area contributed by atoms with Crippen LogP contribution in [0.4, 0.5) is 11.5 Å². The van der Waals surface area contributed by atoms with Crippen molar-refractivity contribution in [3.63, 3.8) is 0 Å². The average molecular weight is 426 g/mol. The van der Waals surface area contributed by atoms with E-state index >= 15 is 0 Å². The first-order valence-electron chi connectivity index (χ1n) is 10.4. The first kappa shape index (κ1) is 21.3. The molecule has 0 bridgehead atoms. The van der Waals surface area contributed by atoms with Gasteiger partial charge in [0.25, 0.3) is 0 Å². The number of carboxylic acid groups (broad SMARTS) is 1. The van der Waals surface area contributed by atoms with Gasteiger partial charge in [-0.05, 0) is 60.4 Å². The van der Waals surface area contributed by atoms with Crippen molar-refractivity contribution in [1.82, 2.24) is 9.78 Å². The summed E-state index contributed by atoms with van der Waals surface area (Å²) in [6, 6.07) is 25.5. The van der Waals surface area contributed by atoms with Gasteiger partial charge in [0.1, 0.15) is 6.10 Å². The molecule has 32 heavy (non-hydrogen) atoms. The first-order chi connectivity index (χ1) is 15.5. The number of carboxylic acids is 1. The van der Waals surface area contributed by atoms with Crippen molar-refractivity contribution in [3.8, 4) is 5.69 Å². The minimum absolute atomic E-state index is 0.477. The zero-order chi connectivity index (χ0) is 22.5. The summed E-state index contributed by atoms with van der Waals surface area (Å²) >= 11 is 0. The molecule has 0 aliphatic heterocycles. The molecular weight excluding hydrogens is 402 g/mol. The SMILES string of the molecule is Cc1cc(Nc2ccn(-c3ccccc3)n2)cc(C)c1C(OCC(=O)[O-])c1ccccc1. The van der Waals surface area contributed by atoms with E-state index in [1.54, 1.807) is 0 Å². The molecule has 4 rings (SSSR count). The van der Waals surface area contributed by atoms with Gasteiger partial charge >= 0.3 is 0 Å². The third kappa shape index (κ3) is 4.87. The van der Waals surface area contributed by atoms with E-state index in [1.807, 2.05) is 104 Å². The standard InChI is InChI=1S/C26H25N3O3/c1-18-15-21(27-23-13-14-29(28-23)22-11-7-4-8-12-22)16-19(2)25(18)26(32-17-24(30)31)20-9-5-3-6-10-20/h3-16,26H,17H2,1-2H3,(H,27,28)(H,30,31)/p-1. The smallest absolute Gasteiger partial charge is 0.152 e. The molecule has 1 aromatic heterocycles. The van der Waals surface area contributed by atoms with Crippen LogP contribution in [0.2, 0.25) is 0 Å². The number of nitrogens with one attached hydrogen (secondary N) is 1. The van der Waals surface area contributed by atoms with Crippen LogP contribution in [-0.2, 0) is 9.53 Å². The second-order valence-electron chi connectivity index (χ2n) is 7.60. The third-order valence-electron chi connectivity index (χ3n) is 5.21. The molecule has 0 radical (unpaired) electrons. The highest BCUT2D eigenvalue weighted by molar-refractivity contribution is 5.66. The van der Waals surface area contributed by atoms with Crippen LogP contribution in [0.5, 0.6) is 0 Å². The Balaban J connectivity index is 1.61. The summed E-state index contributed by atoms with van der Waals surface area (Å²) in [5.74, 6) is -0.512. The molecule has 4 aromatic rings. The number of nitrogens with zero attached hydrogens (tertiary/aromatic N) is 2. The number of carbonyl (C=O) groups excluding carboxylic acids is 1. The largest absolute Gasteiger partial charge is 0.548 e. The summed E-state index contributed by atoms with van der Waals surface area (Å²) in [4.78, 5) is 11.0. The van der Waals surface area contributed by atoms with Gasteiger partial charge in [0.2, 0.25) is 0 Å². The predicted octanol–water partition coefficient (Wildman–Crippen LogP) is 4.09.